The van der Waals surface area contributed by atoms with E-state index in [2.05, 4.69) is 52.6 Å². The van der Waals surface area contributed by atoms with Gasteiger partial charge in [0.1, 0.15) is 5.82 Å². The molecule has 8 nitrogen and oxygen atoms in total. The molecule has 210 valence electrons. The lowest BCUT2D eigenvalue weighted by Crippen LogP contribution is -2.73. The molecule has 3 saturated heterocycles. The summed E-state index contributed by atoms with van der Waals surface area (Å²) in [6.45, 7) is 11.1. The minimum absolute atomic E-state index is 0.0128. The van der Waals surface area contributed by atoms with Crippen LogP contribution < -0.4 is 14.5 Å². The summed E-state index contributed by atoms with van der Waals surface area (Å²) in [5.74, 6) is 0.982. The molecule has 4 aliphatic rings. The molecule has 5 heterocycles. The molecule has 3 fully saturated rings. The third-order valence-corrected chi connectivity index (χ3v) is 8.91. The van der Waals surface area contributed by atoms with E-state index < -0.39 is 0 Å². The van der Waals surface area contributed by atoms with Crippen LogP contribution in [0.15, 0.2) is 49.1 Å². The van der Waals surface area contributed by atoms with Crippen LogP contribution in [-0.2, 0) is 17.8 Å². The molecule has 0 unspecified atom stereocenters. The molecule has 40 heavy (non-hydrogen) atoms. The normalized spacial score (nSPS) is 19.4. The number of halogens is 1. The second-order valence-electron chi connectivity index (χ2n) is 11.5. The molecule has 0 saturated carbocycles. The van der Waals surface area contributed by atoms with Crippen molar-refractivity contribution in [3.63, 3.8) is 0 Å². The van der Waals surface area contributed by atoms with Crippen molar-refractivity contribution in [2.75, 3.05) is 69.8 Å². The molecule has 1 amide bonds. The van der Waals surface area contributed by atoms with Crippen LogP contribution in [-0.4, -0.2) is 85.6 Å². The fourth-order valence-electron chi connectivity index (χ4n) is 6.52. The van der Waals surface area contributed by atoms with Crippen LogP contribution in [0.3, 0.4) is 0 Å². The van der Waals surface area contributed by atoms with Crippen LogP contribution >= 0.6 is 11.6 Å². The second-order valence-corrected chi connectivity index (χ2v) is 11.9. The first kappa shape index (κ1) is 26.8. The molecule has 3 aromatic rings. The molecule has 7 rings (SSSR count). The lowest BCUT2D eigenvalue weighted by atomic mass is 9.72. The van der Waals surface area contributed by atoms with E-state index in [4.69, 9.17) is 26.3 Å². The average Bonchev–Trinajstić information content (AvgIpc) is 3.41. The molecule has 0 atom stereocenters. The zero-order chi connectivity index (χ0) is 27.9. The van der Waals surface area contributed by atoms with E-state index in [1.54, 1.807) is 7.11 Å². The predicted octanol–water partition coefficient (Wildman–Crippen LogP) is 4.40. The van der Waals surface area contributed by atoms with Gasteiger partial charge in [0.25, 0.3) is 0 Å². The maximum atomic E-state index is 11.8. The highest BCUT2D eigenvalue weighted by Gasteiger charge is 2.53. The summed E-state index contributed by atoms with van der Waals surface area (Å²) in [6, 6.07) is 12.7. The Bertz CT molecular complexity index is 1420. The zero-order valence-electron chi connectivity index (χ0n) is 23.4. The number of anilines is 2. The number of aromatic nitrogens is 2. The number of hydrogen-bond acceptors (Lipinski definition) is 7. The molecule has 9 heteroatoms. The van der Waals surface area contributed by atoms with Crippen molar-refractivity contribution < 1.29 is 9.53 Å². The van der Waals surface area contributed by atoms with E-state index in [-0.39, 0.29) is 11.3 Å². The first-order valence-electron chi connectivity index (χ1n) is 14.1. The van der Waals surface area contributed by atoms with Gasteiger partial charge in [-0.3, -0.25) is 4.79 Å². The Morgan fingerprint density at radius 2 is 1.75 bits per heavy atom. The van der Waals surface area contributed by atoms with Crippen LogP contribution in [0.1, 0.15) is 24.1 Å². The Morgan fingerprint density at radius 1 is 1.02 bits per heavy atom. The van der Waals surface area contributed by atoms with Gasteiger partial charge >= 0.3 is 6.01 Å². The number of benzene rings is 2. The number of hydrogen-bond donors (Lipinski definition) is 0. The zero-order valence-corrected chi connectivity index (χ0v) is 24.2. The van der Waals surface area contributed by atoms with Crippen molar-refractivity contribution in [2.45, 2.75) is 25.8 Å². The van der Waals surface area contributed by atoms with E-state index in [0.29, 0.717) is 12.6 Å². The molecular formula is C31H37ClN6O2. The van der Waals surface area contributed by atoms with Crippen molar-refractivity contribution in [2.24, 2.45) is 5.41 Å². The van der Waals surface area contributed by atoms with Gasteiger partial charge in [0.15, 0.2) is 0 Å². The summed E-state index contributed by atoms with van der Waals surface area (Å²) in [7, 11) is 3.78. The third-order valence-electron chi connectivity index (χ3n) is 8.60. The average molecular weight is 561 g/mol. The van der Waals surface area contributed by atoms with Crippen LogP contribution in [0, 0.1) is 5.41 Å². The number of carbonyl (C=O) groups excluding carboxylic acids is 1. The molecule has 0 N–H and O–H groups in total. The van der Waals surface area contributed by atoms with Crippen molar-refractivity contribution in [3.8, 4) is 6.01 Å². The summed E-state index contributed by atoms with van der Waals surface area (Å²) in [5, 5.41) is 2.96. The van der Waals surface area contributed by atoms with Gasteiger partial charge in [-0.1, -0.05) is 42.4 Å². The first-order valence-corrected chi connectivity index (χ1v) is 14.5. The van der Waals surface area contributed by atoms with Crippen molar-refractivity contribution in [1.82, 2.24) is 19.8 Å². The molecule has 1 spiro atoms. The minimum atomic E-state index is 0.0128. The second kappa shape index (κ2) is 10.9. The van der Waals surface area contributed by atoms with Gasteiger partial charge in [-0.25, -0.2) is 0 Å². The Labute approximate surface area is 241 Å². The number of nitrogens with zero attached hydrogens (tertiary/aromatic N) is 6. The Morgan fingerprint density at radius 3 is 2.40 bits per heavy atom. The standard InChI is InChI=1S/C26H26ClN5O2.C5H11N/c1-3-22(33)31-13-26(14-31)15-32(16-26)24-18-10-11-30(12-20(18)28-25(29-24)34-2)21-9-5-7-17-6-4-8-19(27)23(17)21;1-6-4-2-3-5-6/h3-9H,1,10-16H2,2H3;2-5H2,1H3. The van der Waals surface area contributed by atoms with Crippen molar-refractivity contribution in [3.05, 3.63) is 65.3 Å². The largest absolute Gasteiger partial charge is 0.467 e. The van der Waals surface area contributed by atoms with Gasteiger partial charge in [-0.05, 0) is 63.0 Å². The Kier molecular flexibility index (Phi) is 7.31. The topological polar surface area (TPSA) is 65.0 Å². The molecule has 0 aliphatic carbocycles. The Balaban J connectivity index is 0.000000429. The number of amides is 1. The highest BCUT2D eigenvalue weighted by molar-refractivity contribution is 6.36. The SMILES string of the molecule is C=CC(=O)N1CC2(C1)CN(c1nc(OC)nc3c1CCN(c1cccc4cccc(Cl)c14)C3)C2.CN1CCCC1. The molecule has 0 bridgehead atoms. The predicted molar refractivity (Wildman–Crippen MR) is 160 cm³/mol. The maximum absolute atomic E-state index is 11.8. The number of carbonyl (C=O) groups is 1. The lowest BCUT2D eigenvalue weighted by molar-refractivity contribution is -0.139. The van der Waals surface area contributed by atoms with Crippen molar-refractivity contribution >= 4 is 39.8 Å². The van der Waals surface area contributed by atoms with Gasteiger partial charge in [0.05, 0.1) is 24.4 Å². The summed E-state index contributed by atoms with van der Waals surface area (Å²) < 4.78 is 5.47. The van der Waals surface area contributed by atoms with Crippen LogP contribution in [0.5, 0.6) is 6.01 Å². The van der Waals surface area contributed by atoms with Gasteiger partial charge in [0.2, 0.25) is 5.91 Å². The molecule has 4 aliphatic heterocycles. The summed E-state index contributed by atoms with van der Waals surface area (Å²) >= 11 is 6.60. The van der Waals surface area contributed by atoms with Crippen LogP contribution in [0.4, 0.5) is 11.5 Å². The molecular weight excluding hydrogens is 524 g/mol. The van der Waals surface area contributed by atoms with Gasteiger partial charge in [-0.2, -0.15) is 9.97 Å². The van der Waals surface area contributed by atoms with E-state index in [1.165, 1.54) is 37.6 Å². The number of fused-ring (bicyclic) bond motifs is 2. The highest BCUT2D eigenvalue weighted by atomic mass is 35.5. The maximum Gasteiger partial charge on any atom is 0.318 e. The fraction of sp³-hybridized carbons (Fsp3) is 0.452. The van der Waals surface area contributed by atoms with Crippen LogP contribution in [0.25, 0.3) is 10.8 Å². The minimum Gasteiger partial charge on any atom is -0.467 e. The summed E-state index contributed by atoms with van der Waals surface area (Å²) in [6.07, 6.45) is 5.07. The number of rotatable bonds is 4. The monoisotopic (exact) mass is 560 g/mol. The van der Waals surface area contributed by atoms with Gasteiger partial charge in [0, 0.05) is 54.8 Å². The fourth-order valence-corrected chi connectivity index (χ4v) is 6.80. The molecule has 0 radical (unpaired) electrons. The van der Waals surface area contributed by atoms with Crippen LogP contribution in [0.2, 0.25) is 5.02 Å². The quantitative estimate of drug-likeness (QED) is 0.438. The van der Waals surface area contributed by atoms with E-state index in [1.807, 2.05) is 17.0 Å². The van der Waals surface area contributed by atoms with E-state index in [9.17, 15) is 4.79 Å². The first-order chi connectivity index (χ1) is 19.4. The number of ether oxygens (including phenoxy) is 1. The third kappa shape index (κ3) is 4.99. The Hall–Kier alpha value is -3.36. The highest BCUT2D eigenvalue weighted by Crippen LogP contribution is 2.44. The van der Waals surface area contributed by atoms with Gasteiger partial charge in [-0.15, -0.1) is 0 Å². The number of methoxy groups -OCH3 is 1. The van der Waals surface area contributed by atoms with E-state index in [0.717, 1.165) is 72.1 Å². The lowest BCUT2D eigenvalue weighted by Gasteiger charge is -2.60. The molecule has 1 aromatic heterocycles. The van der Waals surface area contributed by atoms with Crippen molar-refractivity contribution in [1.29, 1.82) is 0 Å². The number of likely N-dealkylation sites (tertiary alicyclic amines) is 2. The van der Waals surface area contributed by atoms with Gasteiger partial charge < -0.3 is 24.3 Å². The smallest absolute Gasteiger partial charge is 0.318 e. The van der Waals surface area contributed by atoms with E-state index >= 15 is 0 Å². The summed E-state index contributed by atoms with van der Waals surface area (Å²) in [5.41, 5.74) is 3.48. The molecule has 2 aromatic carbocycles. The summed E-state index contributed by atoms with van der Waals surface area (Å²) in [4.78, 5) is 30.2.